The largest absolute Gasteiger partial charge is 0.382 e. The highest BCUT2D eigenvalue weighted by Crippen LogP contribution is 2.41. The summed E-state index contributed by atoms with van der Waals surface area (Å²) in [5.74, 6) is 0.204. The molecular formula is C24H29N3O3S2. The van der Waals surface area contributed by atoms with Crippen molar-refractivity contribution in [1.82, 2.24) is 14.8 Å². The van der Waals surface area contributed by atoms with Gasteiger partial charge in [0, 0.05) is 49.8 Å². The molecule has 3 heterocycles. The molecule has 0 unspecified atom stereocenters. The van der Waals surface area contributed by atoms with E-state index < -0.39 is 6.04 Å². The summed E-state index contributed by atoms with van der Waals surface area (Å²) in [6.45, 7) is 4.27. The predicted octanol–water partition coefficient (Wildman–Crippen LogP) is 4.00. The van der Waals surface area contributed by atoms with E-state index in [-0.39, 0.29) is 11.8 Å². The van der Waals surface area contributed by atoms with Crippen molar-refractivity contribution < 1.29 is 14.3 Å². The highest BCUT2D eigenvalue weighted by atomic mass is 32.2. The van der Waals surface area contributed by atoms with Crippen LogP contribution in [-0.4, -0.2) is 53.3 Å². The second-order valence-corrected chi connectivity index (χ2v) is 9.54. The predicted molar refractivity (Wildman–Crippen MR) is 130 cm³/mol. The summed E-state index contributed by atoms with van der Waals surface area (Å²) in [7, 11) is 2.01. The van der Waals surface area contributed by atoms with Gasteiger partial charge in [-0.15, -0.1) is 0 Å². The fourth-order valence-corrected chi connectivity index (χ4v) is 5.99. The summed E-state index contributed by atoms with van der Waals surface area (Å²) in [5, 5.41) is 9.23. The first-order valence-corrected chi connectivity index (χ1v) is 12.9. The van der Waals surface area contributed by atoms with Crippen molar-refractivity contribution >= 4 is 45.8 Å². The lowest BCUT2D eigenvalue weighted by molar-refractivity contribution is -0.138. The maximum Gasteiger partial charge on any atom is 0.247 e. The number of benzene rings is 1. The van der Waals surface area contributed by atoms with Crippen molar-refractivity contribution in [2.24, 2.45) is 7.05 Å². The van der Waals surface area contributed by atoms with Crippen LogP contribution in [0.25, 0.3) is 10.9 Å². The molecule has 1 atom stereocenters. The summed E-state index contributed by atoms with van der Waals surface area (Å²) in [6.07, 6.45) is 1.47. The van der Waals surface area contributed by atoms with Gasteiger partial charge >= 0.3 is 0 Å². The van der Waals surface area contributed by atoms with Crippen molar-refractivity contribution in [3.05, 3.63) is 52.2 Å². The maximum atomic E-state index is 13.6. The first-order valence-electron chi connectivity index (χ1n) is 11.0. The Morgan fingerprint density at radius 1 is 1.28 bits per heavy atom. The number of rotatable bonds is 9. The minimum absolute atomic E-state index is 0.0000213. The van der Waals surface area contributed by atoms with Crippen LogP contribution in [0.3, 0.4) is 0 Å². The number of carbonyl (C=O) groups is 2. The maximum absolute atomic E-state index is 13.6. The monoisotopic (exact) mass is 471 g/mol. The van der Waals surface area contributed by atoms with Crippen LogP contribution in [-0.2, 0) is 27.8 Å². The molecule has 3 aromatic rings. The number of carbonyl (C=O) groups excluding carboxylic acids is 2. The average molecular weight is 472 g/mol. The molecule has 8 heteroatoms. The zero-order chi connectivity index (χ0) is 22.5. The van der Waals surface area contributed by atoms with Gasteiger partial charge in [-0.2, -0.15) is 11.3 Å². The van der Waals surface area contributed by atoms with E-state index in [0.29, 0.717) is 32.1 Å². The summed E-state index contributed by atoms with van der Waals surface area (Å²) in [5.41, 5.74) is 3.20. The Kier molecular flexibility index (Phi) is 7.55. The SMILES string of the molecule is CCOCCCNC(=O)[C@H]1c2c(n(C)c3ccccc23)SCC(=O)N1CCc1ccsc1. The molecule has 0 aliphatic carbocycles. The van der Waals surface area contributed by atoms with Gasteiger partial charge in [-0.3, -0.25) is 9.59 Å². The highest BCUT2D eigenvalue weighted by molar-refractivity contribution is 8.00. The first kappa shape index (κ1) is 22.9. The molecule has 170 valence electrons. The number of aromatic nitrogens is 1. The number of para-hydroxylation sites is 1. The molecule has 1 N–H and O–H groups in total. The number of nitrogens with one attached hydrogen (secondary N) is 1. The third-order valence-corrected chi connectivity index (χ3v) is 7.66. The lowest BCUT2D eigenvalue weighted by Crippen LogP contribution is -2.45. The van der Waals surface area contributed by atoms with Gasteiger partial charge < -0.3 is 19.5 Å². The van der Waals surface area contributed by atoms with E-state index in [1.807, 2.05) is 31.5 Å². The summed E-state index contributed by atoms with van der Waals surface area (Å²) < 4.78 is 7.51. The summed E-state index contributed by atoms with van der Waals surface area (Å²) in [6, 6.07) is 9.55. The third-order valence-electron chi connectivity index (χ3n) is 5.77. The van der Waals surface area contributed by atoms with Crippen molar-refractivity contribution in [1.29, 1.82) is 0 Å². The zero-order valence-electron chi connectivity index (χ0n) is 18.5. The lowest BCUT2D eigenvalue weighted by atomic mass is 10.0. The number of thiophene rings is 1. The average Bonchev–Trinajstić information content (AvgIpc) is 3.38. The summed E-state index contributed by atoms with van der Waals surface area (Å²) >= 11 is 3.17. The quantitative estimate of drug-likeness (QED) is 0.479. The molecular weight excluding hydrogens is 442 g/mol. The Morgan fingerprint density at radius 3 is 2.91 bits per heavy atom. The summed E-state index contributed by atoms with van der Waals surface area (Å²) in [4.78, 5) is 28.5. The van der Waals surface area contributed by atoms with E-state index >= 15 is 0 Å². The molecule has 0 saturated heterocycles. The Labute approximate surface area is 196 Å². The van der Waals surface area contributed by atoms with Crippen LogP contribution < -0.4 is 5.32 Å². The van der Waals surface area contributed by atoms with Gasteiger partial charge in [0.05, 0.1) is 10.8 Å². The lowest BCUT2D eigenvalue weighted by Gasteiger charge is -2.29. The van der Waals surface area contributed by atoms with Crippen LogP contribution in [0.15, 0.2) is 46.1 Å². The number of thioether (sulfide) groups is 1. The topological polar surface area (TPSA) is 63.6 Å². The molecule has 1 aromatic carbocycles. The number of fused-ring (bicyclic) bond motifs is 3. The molecule has 0 bridgehead atoms. The van der Waals surface area contributed by atoms with Gasteiger partial charge in [0.25, 0.3) is 0 Å². The van der Waals surface area contributed by atoms with Crippen LogP contribution in [0.5, 0.6) is 0 Å². The molecule has 2 aromatic heterocycles. The van der Waals surface area contributed by atoms with Gasteiger partial charge in [-0.25, -0.2) is 0 Å². The number of ether oxygens (including phenoxy) is 1. The van der Waals surface area contributed by atoms with Gasteiger partial charge in [0.15, 0.2) is 0 Å². The van der Waals surface area contributed by atoms with Crippen molar-refractivity contribution in [2.75, 3.05) is 32.1 Å². The van der Waals surface area contributed by atoms with E-state index in [4.69, 9.17) is 4.74 Å². The number of hydrogen-bond donors (Lipinski definition) is 1. The van der Waals surface area contributed by atoms with Crippen molar-refractivity contribution in [3.63, 3.8) is 0 Å². The minimum Gasteiger partial charge on any atom is -0.382 e. The molecule has 2 amide bonds. The van der Waals surface area contributed by atoms with Crippen LogP contribution >= 0.6 is 23.1 Å². The Hall–Kier alpha value is -2.29. The van der Waals surface area contributed by atoms with Crippen LogP contribution in [0.2, 0.25) is 0 Å². The molecule has 32 heavy (non-hydrogen) atoms. The standard InChI is InChI=1S/C24H29N3O3S2/c1-3-30-13-6-11-25-23(29)22-21-18-7-4-5-8-19(18)26(2)24(21)32-16-20(28)27(22)12-9-17-10-14-31-15-17/h4-5,7-8,10,14-15,22H,3,6,9,11-13,16H2,1-2H3,(H,25,29)/t22-/m1/s1. The van der Waals surface area contributed by atoms with E-state index in [9.17, 15) is 9.59 Å². The van der Waals surface area contributed by atoms with Gasteiger partial charge in [0.1, 0.15) is 6.04 Å². The minimum atomic E-state index is -0.649. The first-order chi connectivity index (χ1) is 15.6. The number of aryl methyl sites for hydroxylation is 1. The van der Waals surface area contributed by atoms with E-state index in [1.54, 1.807) is 16.2 Å². The van der Waals surface area contributed by atoms with Gasteiger partial charge in [0.2, 0.25) is 11.8 Å². The number of hydrogen-bond acceptors (Lipinski definition) is 5. The molecule has 0 spiro atoms. The van der Waals surface area contributed by atoms with Crippen molar-refractivity contribution in [3.8, 4) is 0 Å². The number of amides is 2. The van der Waals surface area contributed by atoms with E-state index in [2.05, 4.69) is 33.5 Å². The fraction of sp³-hybridized carbons (Fsp3) is 0.417. The molecule has 1 aliphatic heterocycles. The second kappa shape index (κ2) is 10.6. The molecule has 4 rings (SSSR count). The smallest absolute Gasteiger partial charge is 0.247 e. The van der Waals surface area contributed by atoms with Gasteiger partial charge in [-0.05, 0) is 48.2 Å². The third kappa shape index (κ3) is 4.72. The Balaban J connectivity index is 1.68. The van der Waals surface area contributed by atoms with Crippen molar-refractivity contribution in [2.45, 2.75) is 30.8 Å². The zero-order valence-corrected chi connectivity index (χ0v) is 20.1. The molecule has 1 aliphatic rings. The molecule has 0 saturated carbocycles. The van der Waals surface area contributed by atoms with Crippen LogP contribution in [0.4, 0.5) is 0 Å². The normalized spacial score (nSPS) is 16.2. The van der Waals surface area contributed by atoms with Crippen LogP contribution in [0.1, 0.15) is 30.5 Å². The molecule has 6 nitrogen and oxygen atoms in total. The molecule has 0 radical (unpaired) electrons. The molecule has 0 fully saturated rings. The number of nitrogens with zero attached hydrogens (tertiary/aromatic N) is 2. The Morgan fingerprint density at radius 2 is 2.12 bits per heavy atom. The van der Waals surface area contributed by atoms with Gasteiger partial charge in [-0.1, -0.05) is 30.0 Å². The van der Waals surface area contributed by atoms with Crippen LogP contribution in [0, 0.1) is 0 Å². The Bertz CT molecular complexity index is 1080. The van der Waals surface area contributed by atoms with E-state index in [1.165, 1.54) is 17.3 Å². The highest BCUT2D eigenvalue weighted by Gasteiger charge is 2.38. The second-order valence-electron chi connectivity index (χ2n) is 7.80. The van der Waals surface area contributed by atoms with E-state index in [0.717, 1.165) is 34.3 Å². The fourth-order valence-electron chi connectivity index (χ4n) is 4.19.